The first-order valence-corrected chi connectivity index (χ1v) is 11.4. The van der Waals surface area contributed by atoms with E-state index < -0.39 is 0 Å². The zero-order valence-corrected chi connectivity index (χ0v) is 18.5. The number of halogens is 1. The summed E-state index contributed by atoms with van der Waals surface area (Å²) in [5.74, 6) is -0.346. The second-order valence-corrected chi connectivity index (χ2v) is 8.57. The first-order chi connectivity index (χ1) is 15.6. The van der Waals surface area contributed by atoms with Crippen molar-refractivity contribution < 1.29 is 18.7 Å². The van der Waals surface area contributed by atoms with Gasteiger partial charge in [0.15, 0.2) is 0 Å². The lowest BCUT2D eigenvalue weighted by Crippen LogP contribution is -2.38. The summed E-state index contributed by atoms with van der Waals surface area (Å²) in [5.41, 5.74) is 2.85. The maximum absolute atomic E-state index is 13.6. The lowest BCUT2D eigenvalue weighted by molar-refractivity contribution is -0.117. The van der Waals surface area contributed by atoms with Crippen molar-refractivity contribution in [1.29, 1.82) is 0 Å². The topological polar surface area (TPSA) is 54.0 Å². The highest BCUT2D eigenvalue weighted by Crippen LogP contribution is 2.17. The molecule has 2 aliphatic rings. The highest BCUT2D eigenvalue weighted by molar-refractivity contribution is 5.92. The van der Waals surface area contributed by atoms with E-state index in [9.17, 15) is 9.18 Å². The first-order valence-electron chi connectivity index (χ1n) is 11.4. The molecule has 4 rings (SSSR count). The number of amides is 1. The van der Waals surface area contributed by atoms with E-state index in [4.69, 9.17) is 9.47 Å². The molecule has 0 bridgehead atoms. The average Bonchev–Trinajstić information content (AvgIpc) is 3.29. The molecule has 1 N–H and O–H groups in total. The largest absolute Gasteiger partial charge is 0.379 e. The van der Waals surface area contributed by atoms with Crippen molar-refractivity contribution in [2.45, 2.75) is 32.0 Å². The summed E-state index contributed by atoms with van der Waals surface area (Å²) in [6, 6.07) is 14.6. The molecular weight excluding hydrogens is 409 g/mol. The van der Waals surface area contributed by atoms with Crippen molar-refractivity contribution >= 4 is 11.6 Å². The number of benzene rings is 2. The fourth-order valence-electron chi connectivity index (χ4n) is 4.27. The average molecular weight is 442 g/mol. The van der Waals surface area contributed by atoms with E-state index in [1.807, 2.05) is 23.1 Å². The summed E-state index contributed by atoms with van der Waals surface area (Å²) in [5, 5.41) is 3.00. The van der Waals surface area contributed by atoms with Crippen molar-refractivity contribution in [3.8, 4) is 0 Å². The van der Waals surface area contributed by atoms with E-state index in [1.165, 1.54) is 17.7 Å². The maximum atomic E-state index is 13.6. The third kappa shape index (κ3) is 7.10. The zero-order valence-electron chi connectivity index (χ0n) is 18.5. The normalized spacial score (nSPS) is 19.4. The van der Waals surface area contributed by atoms with Gasteiger partial charge in [0, 0.05) is 45.0 Å². The minimum Gasteiger partial charge on any atom is -0.379 e. The Morgan fingerprint density at radius 2 is 1.91 bits per heavy atom. The van der Waals surface area contributed by atoms with E-state index in [-0.39, 0.29) is 24.4 Å². The summed E-state index contributed by atoms with van der Waals surface area (Å²) in [4.78, 5) is 17.2. The van der Waals surface area contributed by atoms with Crippen molar-refractivity contribution in [2.24, 2.45) is 0 Å². The Bertz CT molecular complexity index is 865. The molecular formula is C25H32FN3O3. The third-order valence-electron chi connectivity index (χ3n) is 5.90. The number of nitrogens with zero attached hydrogens (tertiary/aromatic N) is 2. The summed E-state index contributed by atoms with van der Waals surface area (Å²) in [7, 11) is 0. The van der Waals surface area contributed by atoms with Crippen LogP contribution in [0.4, 0.5) is 10.1 Å². The Balaban J connectivity index is 1.32. The van der Waals surface area contributed by atoms with Crippen LogP contribution in [0.1, 0.15) is 24.0 Å². The number of hydrogen-bond acceptors (Lipinski definition) is 5. The highest BCUT2D eigenvalue weighted by Gasteiger charge is 2.21. The monoisotopic (exact) mass is 441 g/mol. The number of morpholine rings is 1. The molecule has 7 heteroatoms. The Morgan fingerprint density at radius 3 is 2.62 bits per heavy atom. The molecule has 0 aliphatic carbocycles. The fourth-order valence-corrected chi connectivity index (χ4v) is 4.27. The van der Waals surface area contributed by atoms with Gasteiger partial charge < -0.3 is 14.8 Å². The smallest absolute Gasteiger partial charge is 0.238 e. The Morgan fingerprint density at radius 1 is 1.09 bits per heavy atom. The molecule has 0 aromatic heterocycles. The summed E-state index contributed by atoms with van der Waals surface area (Å²) < 4.78 is 24.8. The van der Waals surface area contributed by atoms with Crippen LogP contribution in [0, 0.1) is 5.82 Å². The summed E-state index contributed by atoms with van der Waals surface area (Å²) >= 11 is 0. The zero-order chi connectivity index (χ0) is 22.2. The standard InChI is InChI=1S/C25H32FN3O3/c26-22-4-1-3-21(15-22)17-29(18-24-5-2-12-32-24)19-25(30)27-23-8-6-20(7-9-23)16-28-10-13-31-14-11-28/h1,3-4,6-9,15,24H,2,5,10-14,16-19H2,(H,27,30). The van der Waals surface area contributed by atoms with E-state index in [1.54, 1.807) is 6.07 Å². The van der Waals surface area contributed by atoms with Crippen LogP contribution < -0.4 is 5.32 Å². The highest BCUT2D eigenvalue weighted by atomic mass is 19.1. The van der Waals surface area contributed by atoms with Crippen LogP contribution in [0.15, 0.2) is 48.5 Å². The number of hydrogen-bond donors (Lipinski definition) is 1. The molecule has 0 saturated carbocycles. The minimum absolute atomic E-state index is 0.0830. The predicted octanol–water partition coefficient (Wildman–Crippen LogP) is 3.28. The Kier molecular flexibility index (Phi) is 8.23. The van der Waals surface area contributed by atoms with Gasteiger partial charge in [0.2, 0.25) is 5.91 Å². The first kappa shape index (κ1) is 22.9. The van der Waals surface area contributed by atoms with Crippen LogP contribution in [0.25, 0.3) is 0 Å². The number of carbonyl (C=O) groups excluding carboxylic acids is 1. The molecule has 172 valence electrons. The summed E-state index contributed by atoms with van der Waals surface area (Å²) in [6.45, 7) is 6.51. The number of carbonyl (C=O) groups is 1. The molecule has 1 atom stereocenters. The van der Waals surface area contributed by atoms with Crippen LogP contribution in [0.3, 0.4) is 0 Å². The van der Waals surface area contributed by atoms with E-state index in [2.05, 4.69) is 22.3 Å². The molecule has 1 unspecified atom stereocenters. The van der Waals surface area contributed by atoms with Gasteiger partial charge in [-0.1, -0.05) is 24.3 Å². The molecule has 2 aliphatic heterocycles. The van der Waals surface area contributed by atoms with Crippen molar-refractivity contribution in [1.82, 2.24) is 9.80 Å². The second kappa shape index (κ2) is 11.5. The van der Waals surface area contributed by atoms with Gasteiger partial charge in [-0.25, -0.2) is 4.39 Å². The SMILES string of the molecule is O=C(CN(Cc1cccc(F)c1)CC1CCCO1)Nc1ccc(CN2CCOCC2)cc1. The van der Waals surface area contributed by atoms with Crippen LogP contribution in [0.5, 0.6) is 0 Å². The molecule has 6 nitrogen and oxygen atoms in total. The Hall–Kier alpha value is -2.32. The molecule has 0 radical (unpaired) electrons. The maximum Gasteiger partial charge on any atom is 0.238 e. The van der Waals surface area contributed by atoms with Gasteiger partial charge in [0.25, 0.3) is 0 Å². The van der Waals surface area contributed by atoms with E-state index in [0.717, 1.165) is 63.5 Å². The van der Waals surface area contributed by atoms with E-state index >= 15 is 0 Å². The molecule has 32 heavy (non-hydrogen) atoms. The van der Waals surface area contributed by atoms with Gasteiger partial charge in [0.1, 0.15) is 5.82 Å². The summed E-state index contributed by atoms with van der Waals surface area (Å²) in [6.07, 6.45) is 2.16. The van der Waals surface area contributed by atoms with Crippen LogP contribution in [-0.4, -0.2) is 67.8 Å². The van der Waals surface area contributed by atoms with Gasteiger partial charge in [-0.3, -0.25) is 14.6 Å². The number of anilines is 1. The van der Waals surface area contributed by atoms with Gasteiger partial charge in [-0.2, -0.15) is 0 Å². The number of ether oxygens (including phenoxy) is 2. The Labute approximate surface area is 189 Å². The van der Waals surface area contributed by atoms with Crippen LogP contribution in [-0.2, 0) is 27.4 Å². The fraction of sp³-hybridized carbons (Fsp3) is 0.480. The predicted molar refractivity (Wildman–Crippen MR) is 122 cm³/mol. The third-order valence-corrected chi connectivity index (χ3v) is 5.90. The molecule has 2 aromatic carbocycles. The molecule has 1 amide bonds. The lowest BCUT2D eigenvalue weighted by Gasteiger charge is -2.26. The van der Waals surface area contributed by atoms with Gasteiger partial charge in [-0.15, -0.1) is 0 Å². The van der Waals surface area contributed by atoms with Crippen LogP contribution in [0.2, 0.25) is 0 Å². The second-order valence-electron chi connectivity index (χ2n) is 8.57. The molecule has 2 saturated heterocycles. The van der Waals surface area contributed by atoms with Crippen molar-refractivity contribution in [3.05, 3.63) is 65.5 Å². The number of nitrogens with one attached hydrogen (secondary N) is 1. The van der Waals surface area contributed by atoms with Gasteiger partial charge in [-0.05, 0) is 48.2 Å². The van der Waals surface area contributed by atoms with E-state index in [0.29, 0.717) is 13.1 Å². The lowest BCUT2D eigenvalue weighted by atomic mass is 10.1. The molecule has 2 fully saturated rings. The quantitative estimate of drug-likeness (QED) is 0.647. The van der Waals surface area contributed by atoms with Crippen molar-refractivity contribution in [3.63, 3.8) is 0 Å². The number of rotatable bonds is 9. The molecule has 2 aromatic rings. The molecule has 0 spiro atoms. The van der Waals surface area contributed by atoms with Gasteiger partial charge in [0.05, 0.1) is 25.9 Å². The minimum atomic E-state index is -0.263. The van der Waals surface area contributed by atoms with Crippen molar-refractivity contribution in [2.75, 3.05) is 51.3 Å². The molecule has 2 heterocycles. The van der Waals surface area contributed by atoms with Crippen LogP contribution >= 0.6 is 0 Å². The van der Waals surface area contributed by atoms with Gasteiger partial charge >= 0.3 is 0 Å².